The quantitative estimate of drug-likeness (QED) is 0.528. The summed E-state index contributed by atoms with van der Waals surface area (Å²) in [5, 5.41) is 2.75. The fourth-order valence-electron chi connectivity index (χ4n) is 2.99. The monoisotopic (exact) mass is 430 g/mol. The summed E-state index contributed by atoms with van der Waals surface area (Å²) in [7, 11) is -7.09. The summed E-state index contributed by atoms with van der Waals surface area (Å²) >= 11 is 0. The van der Waals surface area contributed by atoms with Crippen molar-refractivity contribution in [2.24, 2.45) is 5.92 Å². The molecule has 0 radical (unpaired) electrons. The molecule has 3 rings (SSSR count). The Bertz CT molecular complexity index is 910. The van der Waals surface area contributed by atoms with Gasteiger partial charge in [-0.2, -0.15) is 0 Å². The number of ether oxygens (including phenoxy) is 1. The van der Waals surface area contributed by atoms with E-state index < -0.39 is 25.9 Å². The Kier molecular flexibility index (Phi) is 6.74. The highest BCUT2D eigenvalue weighted by molar-refractivity contribution is 7.92. The third kappa shape index (κ3) is 6.26. The highest BCUT2D eigenvalue weighted by Gasteiger charge is 2.31. The molecule has 2 N–H and O–H groups in total. The summed E-state index contributed by atoms with van der Waals surface area (Å²) in [6.07, 6.45) is 3.42. The van der Waals surface area contributed by atoms with Crippen molar-refractivity contribution in [3.05, 3.63) is 29.8 Å². The van der Waals surface area contributed by atoms with Gasteiger partial charge in [0.2, 0.25) is 10.0 Å². The summed E-state index contributed by atoms with van der Waals surface area (Å²) in [6, 6.07) is 5.08. The zero-order chi connectivity index (χ0) is 20.2. The van der Waals surface area contributed by atoms with E-state index in [2.05, 4.69) is 10.0 Å². The molecule has 1 heterocycles. The van der Waals surface area contributed by atoms with Crippen LogP contribution in [-0.2, 0) is 24.6 Å². The molecule has 1 amide bonds. The van der Waals surface area contributed by atoms with Gasteiger partial charge >= 0.3 is 0 Å². The van der Waals surface area contributed by atoms with Crippen LogP contribution in [-0.4, -0.2) is 60.0 Å². The van der Waals surface area contributed by atoms with Crippen LogP contribution in [0.15, 0.2) is 29.2 Å². The molecule has 2 fully saturated rings. The van der Waals surface area contributed by atoms with Gasteiger partial charge in [0.25, 0.3) is 5.91 Å². The van der Waals surface area contributed by atoms with Crippen LogP contribution in [0.3, 0.4) is 0 Å². The molecule has 1 aromatic rings. The molecule has 8 nitrogen and oxygen atoms in total. The summed E-state index contributed by atoms with van der Waals surface area (Å²) in [6.45, 7) is 1.81. The van der Waals surface area contributed by atoms with Crippen molar-refractivity contribution < 1.29 is 26.4 Å². The maximum atomic E-state index is 12.5. The van der Waals surface area contributed by atoms with Crippen LogP contribution < -0.4 is 10.0 Å². The third-order valence-corrected chi connectivity index (χ3v) is 8.05. The van der Waals surface area contributed by atoms with Gasteiger partial charge in [-0.05, 0) is 49.8 Å². The van der Waals surface area contributed by atoms with Gasteiger partial charge in [0.15, 0.2) is 9.84 Å². The largest absolute Gasteiger partial charge is 0.381 e. The average Bonchev–Trinajstić information content (AvgIpc) is 3.40. The number of sulfonamides is 1. The van der Waals surface area contributed by atoms with E-state index in [-0.39, 0.29) is 34.3 Å². The van der Waals surface area contributed by atoms with Crippen LogP contribution in [0.2, 0.25) is 0 Å². The molecule has 28 heavy (non-hydrogen) atoms. The Morgan fingerprint density at radius 1 is 1.21 bits per heavy atom. The Balaban J connectivity index is 1.51. The van der Waals surface area contributed by atoms with Crippen molar-refractivity contribution in [3.8, 4) is 0 Å². The zero-order valence-corrected chi connectivity index (χ0v) is 17.2. The van der Waals surface area contributed by atoms with E-state index in [1.54, 1.807) is 0 Å². The molecule has 1 saturated carbocycles. The lowest BCUT2D eigenvalue weighted by Gasteiger charge is -2.12. The highest BCUT2D eigenvalue weighted by atomic mass is 32.2. The van der Waals surface area contributed by atoms with Gasteiger partial charge in [-0.3, -0.25) is 4.79 Å². The van der Waals surface area contributed by atoms with Crippen LogP contribution in [0.5, 0.6) is 0 Å². The first-order valence-electron chi connectivity index (χ1n) is 9.44. The van der Waals surface area contributed by atoms with Crippen molar-refractivity contribution in [2.45, 2.75) is 36.6 Å². The second-order valence-electron chi connectivity index (χ2n) is 7.38. The lowest BCUT2D eigenvalue weighted by Crippen LogP contribution is -2.35. The zero-order valence-electron chi connectivity index (χ0n) is 15.6. The lowest BCUT2D eigenvalue weighted by molar-refractivity contribution is 0.0937. The topological polar surface area (TPSA) is 119 Å². The van der Waals surface area contributed by atoms with Gasteiger partial charge in [0, 0.05) is 31.4 Å². The van der Waals surface area contributed by atoms with Gasteiger partial charge in [0.1, 0.15) is 0 Å². The SMILES string of the molecule is O=C(NCCCOCC1CC1)c1cccc(S(=O)(=O)NC2CCS(=O)(=O)C2)c1. The number of amides is 1. The number of carbonyl (C=O) groups is 1. The number of rotatable bonds is 10. The van der Waals surface area contributed by atoms with E-state index in [4.69, 9.17) is 4.74 Å². The molecule has 1 saturated heterocycles. The first kappa shape index (κ1) is 21.2. The van der Waals surface area contributed by atoms with Crippen LogP contribution in [0.25, 0.3) is 0 Å². The molecule has 1 unspecified atom stereocenters. The van der Waals surface area contributed by atoms with Crippen molar-refractivity contribution in [1.29, 1.82) is 0 Å². The van der Waals surface area contributed by atoms with E-state index in [9.17, 15) is 21.6 Å². The number of hydrogen-bond acceptors (Lipinski definition) is 6. The van der Waals surface area contributed by atoms with E-state index >= 15 is 0 Å². The van der Waals surface area contributed by atoms with Crippen molar-refractivity contribution in [1.82, 2.24) is 10.0 Å². The number of hydrogen-bond donors (Lipinski definition) is 2. The fraction of sp³-hybridized carbons (Fsp3) is 0.611. The molecule has 0 bridgehead atoms. The number of benzene rings is 1. The number of nitrogens with one attached hydrogen (secondary N) is 2. The molecular formula is C18H26N2O6S2. The standard InChI is InChI=1S/C18H26N2O6S2/c21-18(19-8-2-9-26-12-14-5-6-14)15-3-1-4-17(11-15)28(24,25)20-16-7-10-27(22,23)13-16/h1,3-4,11,14,16,20H,2,5-10,12-13H2,(H,19,21). The molecule has 0 aromatic heterocycles. The first-order valence-corrected chi connectivity index (χ1v) is 12.7. The molecule has 1 aliphatic heterocycles. The molecule has 1 aliphatic carbocycles. The third-order valence-electron chi connectivity index (χ3n) is 4.76. The maximum absolute atomic E-state index is 12.5. The molecule has 10 heteroatoms. The van der Waals surface area contributed by atoms with Gasteiger partial charge in [-0.1, -0.05) is 6.07 Å². The summed E-state index contributed by atoms with van der Waals surface area (Å²) < 4.78 is 56.0. The smallest absolute Gasteiger partial charge is 0.251 e. The minimum absolute atomic E-state index is 0.0208. The molecule has 156 valence electrons. The van der Waals surface area contributed by atoms with Crippen molar-refractivity contribution >= 4 is 25.8 Å². The predicted octanol–water partition coefficient (Wildman–Crippen LogP) is 0.699. The highest BCUT2D eigenvalue weighted by Crippen LogP contribution is 2.28. The number of sulfone groups is 1. The molecule has 1 aromatic carbocycles. The second-order valence-corrected chi connectivity index (χ2v) is 11.3. The fourth-order valence-corrected chi connectivity index (χ4v) is 6.09. The van der Waals surface area contributed by atoms with E-state index in [0.29, 0.717) is 25.5 Å². The van der Waals surface area contributed by atoms with Gasteiger partial charge in [-0.25, -0.2) is 21.6 Å². The normalized spacial score (nSPS) is 21.5. The summed E-state index contributed by atoms with van der Waals surface area (Å²) in [4.78, 5) is 12.2. The Morgan fingerprint density at radius 3 is 2.68 bits per heavy atom. The lowest BCUT2D eigenvalue weighted by atomic mass is 10.2. The minimum atomic E-state index is -3.90. The van der Waals surface area contributed by atoms with Crippen LogP contribution >= 0.6 is 0 Å². The van der Waals surface area contributed by atoms with E-state index in [0.717, 1.165) is 6.61 Å². The Morgan fingerprint density at radius 2 is 2.00 bits per heavy atom. The average molecular weight is 431 g/mol. The van der Waals surface area contributed by atoms with Crippen LogP contribution in [0, 0.1) is 5.92 Å². The predicted molar refractivity (Wildman–Crippen MR) is 104 cm³/mol. The second kappa shape index (κ2) is 8.89. The Labute approximate surface area is 166 Å². The summed E-state index contributed by atoms with van der Waals surface area (Å²) in [5.74, 6) is 0.127. The Hall–Kier alpha value is -1.49. The molecular weight excluding hydrogens is 404 g/mol. The molecule has 0 spiro atoms. The first-order chi connectivity index (χ1) is 13.3. The van der Waals surface area contributed by atoms with Crippen molar-refractivity contribution in [3.63, 3.8) is 0 Å². The molecule has 1 atom stereocenters. The van der Waals surface area contributed by atoms with Gasteiger partial charge < -0.3 is 10.1 Å². The van der Waals surface area contributed by atoms with Gasteiger partial charge in [0.05, 0.1) is 16.4 Å². The molecule has 2 aliphatic rings. The maximum Gasteiger partial charge on any atom is 0.251 e. The van der Waals surface area contributed by atoms with E-state index in [1.807, 2.05) is 0 Å². The van der Waals surface area contributed by atoms with E-state index in [1.165, 1.54) is 37.1 Å². The van der Waals surface area contributed by atoms with Crippen molar-refractivity contribution in [2.75, 3.05) is 31.3 Å². The summed E-state index contributed by atoms with van der Waals surface area (Å²) in [5.41, 5.74) is 0.237. The van der Waals surface area contributed by atoms with Crippen LogP contribution in [0.1, 0.15) is 36.0 Å². The van der Waals surface area contributed by atoms with Crippen LogP contribution in [0.4, 0.5) is 0 Å². The van der Waals surface area contributed by atoms with Gasteiger partial charge in [-0.15, -0.1) is 0 Å². The number of carbonyl (C=O) groups excluding carboxylic acids is 1. The minimum Gasteiger partial charge on any atom is -0.381 e.